The van der Waals surface area contributed by atoms with Gasteiger partial charge in [-0.3, -0.25) is 0 Å². The molecule has 21 heavy (non-hydrogen) atoms. The van der Waals surface area contributed by atoms with Gasteiger partial charge in [0.2, 0.25) is 10.0 Å². The number of piperazine rings is 1. The zero-order chi connectivity index (χ0) is 15.0. The molecule has 1 aliphatic rings. The van der Waals surface area contributed by atoms with Gasteiger partial charge in [0.25, 0.3) is 0 Å². The van der Waals surface area contributed by atoms with Gasteiger partial charge in [-0.2, -0.15) is 4.31 Å². The molecule has 1 aromatic carbocycles. The smallest absolute Gasteiger partial charge is 0.243 e. The lowest BCUT2D eigenvalue weighted by Crippen LogP contribution is -2.52. The number of hydrogen-bond donors (Lipinski definition) is 1. The molecule has 0 unspecified atom stereocenters. The second kappa shape index (κ2) is 6.65. The third-order valence-corrected chi connectivity index (χ3v) is 5.80. The van der Waals surface area contributed by atoms with E-state index in [-0.39, 0.29) is 23.9 Å². The molecule has 0 amide bonds. The van der Waals surface area contributed by atoms with Gasteiger partial charge in [0.15, 0.2) is 0 Å². The predicted molar refractivity (Wildman–Crippen MR) is 88.6 cm³/mol. The van der Waals surface area contributed by atoms with E-state index < -0.39 is 10.0 Å². The van der Waals surface area contributed by atoms with Gasteiger partial charge in [-0.15, -0.1) is 12.4 Å². The van der Waals surface area contributed by atoms with Crippen molar-refractivity contribution in [3.8, 4) is 0 Å². The van der Waals surface area contributed by atoms with Crippen LogP contribution < -0.4 is 5.32 Å². The van der Waals surface area contributed by atoms with E-state index in [0.717, 1.165) is 5.56 Å². The normalized spacial score (nSPS) is 20.9. The topological polar surface area (TPSA) is 49.4 Å². The molecule has 1 fully saturated rings. The number of nitrogens with zero attached hydrogens (tertiary/aromatic N) is 1. The Morgan fingerprint density at radius 1 is 1.19 bits per heavy atom. The SMILES string of the molecule is C[C@@H]1CNCCN1S(=O)(=O)c1ccc(C(C)(C)C)cc1.Cl. The van der Waals surface area contributed by atoms with Crippen LogP contribution in [0.4, 0.5) is 0 Å². The van der Waals surface area contributed by atoms with E-state index in [1.807, 2.05) is 19.1 Å². The summed E-state index contributed by atoms with van der Waals surface area (Å²) in [4.78, 5) is 0.388. The summed E-state index contributed by atoms with van der Waals surface area (Å²) in [5, 5.41) is 3.21. The highest BCUT2D eigenvalue weighted by Crippen LogP contribution is 2.25. The van der Waals surface area contributed by atoms with Crippen molar-refractivity contribution in [2.45, 2.75) is 44.0 Å². The van der Waals surface area contributed by atoms with Crippen LogP contribution in [0.15, 0.2) is 29.2 Å². The van der Waals surface area contributed by atoms with Crippen LogP contribution in [-0.2, 0) is 15.4 Å². The molecule has 120 valence electrons. The molecule has 2 rings (SSSR count). The molecule has 0 saturated carbocycles. The average Bonchev–Trinajstić information content (AvgIpc) is 2.38. The van der Waals surface area contributed by atoms with Crippen LogP contribution in [-0.4, -0.2) is 38.4 Å². The van der Waals surface area contributed by atoms with Crippen molar-refractivity contribution < 1.29 is 8.42 Å². The molecule has 4 nitrogen and oxygen atoms in total. The van der Waals surface area contributed by atoms with Crippen LogP contribution in [0.25, 0.3) is 0 Å². The molecule has 0 aliphatic carbocycles. The molecule has 1 atom stereocenters. The lowest BCUT2D eigenvalue weighted by molar-refractivity contribution is 0.284. The summed E-state index contributed by atoms with van der Waals surface area (Å²) in [5.74, 6) is 0. The Labute approximate surface area is 134 Å². The molecule has 1 heterocycles. The van der Waals surface area contributed by atoms with E-state index in [0.29, 0.717) is 24.5 Å². The number of halogens is 1. The fraction of sp³-hybridized carbons (Fsp3) is 0.600. The molecule has 1 aromatic rings. The van der Waals surface area contributed by atoms with Crippen LogP contribution in [0.2, 0.25) is 0 Å². The molecule has 1 aliphatic heterocycles. The van der Waals surface area contributed by atoms with E-state index in [4.69, 9.17) is 0 Å². The Morgan fingerprint density at radius 3 is 2.24 bits per heavy atom. The van der Waals surface area contributed by atoms with Gasteiger partial charge in [0.05, 0.1) is 4.90 Å². The summed E-state index contributed by atoms with van der Waals surface area (Å²) in [7, 11) is -3.38. The summed E-state index contributed by atoms with van der Waals surface area (Å²) in [6.07, 6.45) is 0. The number of nitrogens with one attached hydrogen (secondary N) is 1. The maximum absolute atomic E-state index is 12.7. The Balaban J connectivity index is 0.00000220. The number of hydrogen-bond acceptors (Lipinski definition) is 3. The molecule has 6 heteroatoms. The van der Waals surface area contributed by atoms with Crippen LogP contribution in [0.3, 0.4) is 0 Å². The molecular formula is C15H25ClN2O2S. The zero-order valence-corrected chi connectivity index (χ0v) is 14.7. The standard InChI is InChI=1S/C15H24N2O2S.ClH/c1-12-11-16-9-10-17(12)20(18,19)14-7-5-13(6-8-14)15(2,3)4;/h5-8,12,16H,9-11H2,1-4H3;1H/t12-;/m1./s1. The van der Waals surface area contributed by atoms with Crippen molar-refractivity contribution in [2.24, 2.45) is 0 Å². The van der Waals surface area contributed by atoms with Crippen molar-refractivity contribution in [2.75, 3.05) is 19.6 Å². The van der Waals surface area contributed by atoms with Gasteiger partial charge in [-0.1, -0.05) is 32.9 Å². The number of benzene rings is 1. The predicted octanol–water partition coefficient (Wildman–Crippen LogP) is 2.39. The summed E-state index contributed by atoms with van der Waals surface area (Å²) in [6, 6.07) is 7.28. The maximum atomic E-state index is 12.7. The minimum atomic E-state index is -3.38. The third-order valence-electron chi connectivity index (χ3n) is 3.77. The van der Waals surface area contributed by atoms with Crippen LogP contribution in [0, 0.1) is 0 Å². The van der Waals surface area contributed by atoms with Gasteiger partial charge in [-0.25, -0.2) is 8.42 Å². The Morgan fingerprint density at radius 2 is 1.76 bits per heavy atom. The lowest BCUT2D eigenvalue weighted by Gasteiger charge is -2.33. The first-order chi connectivity index (χ1) is 9.23. The van der Waals surface area contributed by atoms with Crippen LogP contribution in [0.1, 0.15) is 33.3 Å². The minimum Gasteiger partial charge on any atom is -0.314 e. The van der Waals surface area contributed by atoms with Gasteiger partial charge in [-0.05, 0) is 30.0 Å². The highest BCUT2D eigenvalue weighted by Gasteiger charge is 2.30. The first-order valence-corrected chi connectivity index (χ1v) is 8.50. The first-order valence-electron chi connectivity index (χ1n) is 7.06. The Kier molecular flexibility index (Phi) is 5.83. The molecule has 0 spiro atoms. The highest BCUT2D eigenvalue weighted by atomic mass is 35.5. The maximum Gasteiger partial charge on any atom is 0.243 e. The van der Waals surface area contributed by atoms with Crippen LogP contribution >= 0.6 is 12.4 Å². The average molecular weight is 333 g/mol. The summed E-state index contributed by atoms with van der Waals surface area (Å²) in [5.41, 5.74) is 1.18. The molecular weight excluding hydrogens is 308 g/mol. The van der Waals surface area contributed by atoms with E-state index in [9.17, 15) is 8.42 Å². The first kappa shape index (κ1) is 18.4. The molecule has 1 N–H and O–H groups in total. The van der Waals surface area contributed by atoms with Gasteiger partial charge in [0.1, 0.15) is 0 Å². The van der Waals surface area contributed by atoms with Crippen molar-refractivity contribution in [3.63, 3.8) is 0 Å². The van der Waals surface area contributed by atoms with Crippen molar-refractivity contribution in [1.29, 1.82) is 0 Å². The van der Waals surface area contributed by atoms with Crippen LogP contribution in [0.5, 0.6) is 0 Å². The van der Waals surface area contributed by atoms with E-state index in [2.05, 4.69) is 26.1 Å². The largest absolute Gasteiger partial charge is 0.314 e. The minimum absolute atomic E-state index is 0. The summed E-state index contributed by atoms with van der Waals surface area (Å²) >= 11 is 0. The highest BCUT2D eigenvalue weighted by molar-refractivity contribution is 7.89. The van der Waals surface area contributed by atoms with Gasteiger partial charge < -0.3 is 5.32 Å². The molecule has 0 aromatic heterocycles. The second-order valence-electron chi connectivity index (χ2n) is 6.44. The Bertz CT molecular complexity index is 564. The molecule has 0 radical (unpaired) electrons. The quantitative estimate of drug-likeness (QED) is 0.904. The lowest BCUT2D eigenvalue weighted by atomic mass is 9.87. The van der Waals surface area contributed by atoms with Crippen molar-refractivity contribution in [1.82, 2.24) is 9.62 Å². The molecule has 1 saturated heterocycles. The second-order valence-corrected chi connectivity index (χ2v) is 8.33. The third kappa shape index (κ3) is 3.97. The number of rotatable bonds is 2. The van der Waals surface area contributed by atoms with E-state index >= 15 is 0 Å². The van der Waals surface area contributed by atoms with Crippen molar-refractivity contribution in [3.05, 3.63) is 29.8 Å². The van der Waals surface area contributed by atoms with E-state index in [1.54, 1.807) is 16.4 Å². The summed E-state index contributed by atoms with van der Waals surface area (Å²) in [6.45, 7) is 10.2. The molecule has 0 bridgehead atoms. The monoisotopic (exact) mass is 332 g/mol. The zero-order valence-electron chi connectivity index (χ0n) is 13.1. The van der Waals surface area contributed by atoms with Gasteiger partial charge >= 0.3 is 0 Å². The summed E-state index contributed by atoms with van der Waals surface area (Å²) < 4.78 is 26.9. The fourth-order valence-corrected chi connectivity index (χ4v) is 4.07. The van der Waals surface area contributed by atoms with Crippen molar-refractivity contribution >= 4 is 22.4 Å². The van der Waals surface area contributed by atoms with Gasteiger partial charge in [0, 0.05) is 25.7 Å². The van der Waals surface area contributed by atoms with E-state index in [1.165, 1.54) is 0 Å². The fourth-order valence-electron chi connectivity index (χ4n) is 2.44. The number of sulfonamides is 1. The Hall–Kier alpha value is -0.620.